The van der Waals surface area contributed by atoms with Crippen molar-refractivity contribution in [3.05, 3.63) is 124 Å². The average molecular weight is 461 g/mol. The van der Waals surface area contributed by atoms with Crippen LogP contribution in [0.15, 0.2) is 103 Å². The minimum atomic E-state index is -0.597. The van der Waals surface area contributed by atoms with Gasteiger partial charge in [-0.15, -0.1) is 0 Å². The maximum Gasteiger partial charge on any atom is 0.338 e. The molecule has 1 heterocycles. The van der Waals surface area contributed by atoms with Gasteiger partial charge in [0.1, 0.15) is 6.61 Å². The summed E-state index contributed by atoms with van der Waals surface area (Å²) < 4.78 is 5.37. The number of esters is 1. The Hall–Kier alpha value is -4.91. The number of carbonyl (C=O) groups excluding carboxylic acids is 1. The first-order chi connectivity index (χ1) is 17.1. The number of benzene rings is 4. The highest BCUT2D eigenvalue weighted by Crippen LogP contribution is 2.31. The number of fused-ring (bicyclic) bond motifs is 1. The number of aromatic nitrogens is 2. The lowest BCUT2D eigenvalue weighted by atomic mass is 10.0. The Kier molecular flexibility index (Phi) is 5.96. The van der Waals surface area contributed by atoms with Crippen LogP contribution >= 0.6 is 0 Å². The van der Waals surface area contributed by atoms with E-state index in [1.807, 2.05) is 60.7 Å². The summed E-state index contributed by atoms with van der Waals surface area (Å²) in [5, 5.41) is 11.2. The quantitative estimate of drug-likeness (QED) is 0.169. The van der Waals surface area contributed by atoms with Crippen LogP contribution in [-0.2, 0) is 11.3 Å². The summed E-state index contributed by atoms with van der Waals surface area (Å²) >= 11 is 0. The molecule has 0 fully saturated rings. The monoisotopic (exact) mass is 461 g/mol. The van der Waals surface area contributed by atoms with Crippen molar-refractivity contribution in [1.82, 2.24) is 9.97 Å². The number of nitro benzene ring substituents is 1. The molecule has 7 heteroatoms. The van der Waals surface area contributed by atoms with Crippen molar-refractivity contribution in [1.29, 1.82) is 0 Å². The Morgan fingerprint density at radius 1 is 0.743 bits per heavy atom. The molecule has 0 N–H and O–H groups in total. The number of carbonyl (C=O) groups is 1. The van der Waals surface area contributed by atoms with Gasteiger partial charge in [0, 0.05) is 17.2 Å². The summed E-state index contributed by atoms with van der Waals surface area (Å²) in [5.74, 6) is -0.597. The van der Waals surface area contributed by atoms with E-state index in [9.17, 15) is 14.9 Å². The summed E-state index contributed by atoms with van der Waals surface area (Å²) in [6, 6.07) is 30.7. The third kappa shape index (κ3) is 4.60. The standard InChI is InChI=1S/C28H19N3O4/c32-28(35-18-22-13-7-8-14-25(22)31(33)34)21-15-16-23-24(17-21)30-27(20-11-5-2-6-12-20)26(29-23)19-9-3-1-4-10-19/h1-17H,18H2. The Bertz CT molecular complexity index is 1540. The zero-order valence-electron chi connectivity index (χ0n) is 18.5. The topological polar surface area (TPSA) is 95.2 Å². The highest BCUT2D eigenvalue weighted by molar-refractivity contribution is 5.95. The van der Waals surface area contributed by atoms with Crippen LogP contribution in [0.1, 0.15) is 15.9 Å². The van der Waals surface area contributed by atoms with E-state index < -0.39 is 10.9 Å². The third-order valence-electron chi connectivity index (χ3n) is 5.54. The lowest BCUT2D eigenvalue weighted by Gasteiger charge is -2.11. The number of hydrogen-bond donors (Lipinski definition) is 0. The van der Waals surface area contributed by atoms with Crippen LogP contribution in [0, 0.1) is 10.1 Å². The Balaban J connectivity index is 1.50. The van der Waals surface area contributed by atoms with Gasteiger partial charge in [-0.1, -0.05) is 72.8 Å². The van der Waals surface area contributed by atoms with Gasteiger partial charge in [0.2, 0.25) is 0 Å². The second-order valence-corrected chi connectivity index (χ2v) is 7.82. The first-order valence-electron chi connectivity index (χ1n) is 10.9. The fourth-order valence-electron chi connectivity index (χ4n) is 3.81. The molecule has 5 aromatic rings. The van der Waals surface area contributed by atoms with E-state index in [1.54, 1.807) is 36.4 Å². The van der Waals surface area contributed by atoms with Crippen LogP contribution in [0.4, 0.5) is 5.69 Å². The number of hydrogen-bond acceptors (Lipinski definition) is 6. The SMILES string of the molecule is O=C(OCc1ccccc1[N+](=O)[O-])c1ccc2nc(-c3ccccc3)c(-c3ccccc3)nc2c1. The van der Waals surface area contributed by atoms with E-state index >= 15 is 0 Å². The van der Waals surface area contributed by atoms with Crippen molar-refractivity contribution in [2.24, 2.45) is 0 Å². The number of para-hydroxylation sites is 1. The lowest BCUT2D eigenvalue weighted by Crippen LogP contribution is -2.07. The molecule has 0 aliphatic carbocycles. The molecular formula is C28H19N3O4. The molecule has 4 aromatic carbocycles. The smallest absolute Gasteiger partial charge is 0.338 e. The Labute approximate surface area is 200 Å². The fourth-order valence-corrected chi connectivity index (χ4v) is 3.81. The molecule has 7 nitrogen and oxygen atoms in total. The average Bonchev–Trinajstić information content (AvgIpc) is 2.91. The van der Waals surface area contributed by atoms with Gasteiger partial charge in [-0.05, 0) is 24.3 Å². The van der Waals surface area contributed by atoms with Crippen LogP contribution < -0.4 is 0 Å². The molecule has 0 radical (unpaired) electrons. The van der Waals surface area contributed by atoms with Gasteiger partial charge in [-0.25, -0.2) is 14.8 Å². The molecular weight excluding hydrogens is 442 g/mol. The van der Waals surface area contributed by atoms with Gasteiger partial charge in [0.15, 0.2) is 0 Å². The first kappa shape index (κ1) is 21.9. The maximum absolute atomic E-state index is 12.7. The zero-order valence-corrected chi connectivity index (χ0v) is 18.5. The molecule has 0 amide bonds. The molecule has 0 bridgehead atoms. The molecule has 0 atom stereocenters. The normalized spacial score (nSPS) is 10.7. The summed E-state index contributed by atoms with van der Waals surface area (Å²) in [7, 11) is 0. The molecule has 0 saturated heterocycles. The van der Waals surface area contributed by atoms with Crippen LogP contribution in [0.3, 0.4) is 0 Å². The third-order valence-corrected chi connectivity index (χ3v) is 5.54. The van der Waals surface area contributed by atoms with Gasteiger partial charge >= 0.3 is 5.97 Å². The van der Waals surface area contributed by atoms with Crippen molar-refractivity contribution < 1.29 is 14.5 Å². The Morgan fingerprint density at radius 2 is 1.31 bits per heavy atom. The minimum Gasteiger partial charge on any atom is -0.457 e. The number of rotatable bonds is 6. The van der Waals surface area contributed by atoms with E-state index in [4.69, 9.17) is 14.7 Å². The summed E-state index contributed by atoms with van der Waals surface area (Å²) in [4.78, 5) is 33.2. The molecule has 35 heavy (non-hydrogen) atoms. The van der Waals surface area contributed by atoms with Gasteiger partial charge in [-0.2, -0.15) is 0 Å². The van der Waals surface area contributed by atoms with E-state index in [2.05, 4.69) is 0 Å². The van der Waals surface area contributed by atoms with E-state index in [1.165, 1.54) is 6.07 Å². The van der Waals surface area contributed by atoms with E-state index in [0.29, 0.717) is 22.3 Å². The first-order valence-corrected chi connectivity index (χ1v) is 10.9. The van der Waals surface area contributed by atoms with Crippen LogP contribution in [-0.4, -0.2) is 20.9 Å². The molecule has 0 unspecified atom stereocenters. The van der Waals surface area contributed by atoms with E-state index in [0.717, 1.165) is 16.8 Å². The van der Waals surface area contributed by atoms with Crippen LogP contribution in [0.2, 0.25) is 0 Å². The fraction of sp³-hybridized carbons (Fsp3) is 0.0357. The summed E-state index contributed by atoms with van der Waals surface area (Å²) in [6.07, 6.45) is 0. The van der Waals surface area contributed by atoms with Crippen LogP contribution in [0.25, 0.3) is 33.5 Å². The lowest BCUT2D eigenvalue weighted by molar-refractivity contribution is -0.385. The second-order valence-electron chi connectivity index (χ2n) is 7.82. The van der Waals surface area contributed by atoms with Crippen molar-refractivity contribution in [2.45, 2.75) is 6.61 Å². The summed E-state index contributed by atoms with van der Waals surface area (Å²) in [6.45, 7) is -0.206. The van der Waals surface area contributed by atoms with Gasteiger partial charge in [0.05, 0.1) is 38.5 Å². The molecule has 1 aromatic heterocycles. The molecule has 0 aliphatic heterocycles. The molecule has 0 spiro atoms. The Morgan fingerprint density at radius 3 is 1.94 bits per heavy atom. The van der Waals surface area contributed by atoms with Crippen molar-refractivity contribution in [3.8, 4) is 22.5 Å². The molecule has 0 aliphatic rings. The van der Waals surface area contributed by atoms with E-state index in [-0.39, 0.29) is 17.9 Å². The molecule has 5 rings (SSSR count). The van der Waals surface area contributed by atoms with Gasteiger partial charge in [0.25, 0.3) is 5.69 Å². The second kappa shape index (κ2) is 9.52. The largest absolute Gasteiger partial charge is 0.457 e. The minimum absolute atomic E-state index is 0.0920. The molecule has 0 saturated carbocycles. The van der Waals surface area contributed by atoms with Crippen molar-refractivity contribution in [2.75, 3.05) is 0 Å². The predicted molar refractivity (Wildman–Crippen MR) is 133 cm³/mol. The van der Waals surface area contributed by atoms with Gasteiger partial charge < -0.3 is 4.74 Å². The van der Waals surface area contributed by atoms with Gasteiger partial charge in [-0.3, -0.25) is 10.1 Å². The predicted octanol–water partition coefficient (Wildman–Crippen LogP) is 6.23. The van der Waals surface area contributed by atoms with Crippen molar-refractivity contribution >= 4 is 22.7 Å². The number of nitro groups is 1. The van der Waals surface area contributed by atoms with Crippen LogP contribution in [0.5, 0.6) is 0 Å². The summed E-state index contributed by atoms with van der Waals surface area (Å²) in [5.41, 5.74) is 5.00. The highest BCUT2D eigenvalue weighted by atomic mass is 16.6. The zero-order chi connectivity index (χ0) is 24.2. The van der Waals surface area contributed by atoms with Crippen molar-refractivity contribution in [3.63, 3.8) is 0 Å². The number of ether oxygens (including phenoxy) is 1. The molecule has 170 valence electrons. The maximum atomic E-state index is 12.7. The number of nitrogens with zero attached hydrogens (tertiary/aromatic N) is 3. The highest BCUT2D eigenvalue weighted by Gasteiger charge is 2.17.